The summed E-state index contributed by atoms with van der Waals surface area (Å²) in [5.74, 6) is 0. The van der Waals surface area contributed by atoms with Crippen LogP contribution >= 0.6 is 0 Å². The van der Waals surface area contributed by atoms with Crippen molar-refractivity contribution >= 4 is 10.9 Å². The number of aromatic nitrogens is 1. The highest BCUT2D eigenvalue weighted by molar-refractivity contribution is 5.79. The van der Waals surface area contributed by atoms with E-state index in [2.05, 4.69) is 67.6 Å². The summed E-state index contributed by atoms with van der Waals surface area (Å²) in [4.78, 5) is 4.77. The second kappa shape index (κ2) is 7.22. The molecule has 1 heterocycles. The summed E-state index contributed by atoms with van der Waals surface area (Å²) in [5.41, 5.74) is 5.12. The minimum Gasteiger partial charge on any atom is -0.253 e. The summed E-state index contributed by atoms with van der Waals surface area (Å²) in [6, 6.07) is 21.8. The van der Waals surface area contributed by atoms with Crippen LogP contribution in [-0.4, -0.2) is 4.98 Å². The first kappa shape index (κ1) is 14.8. The van der Waals surface area contributed by atoms with Crippen molar-refractivity contribution in [2.75, 3.05) is 0 Å². The average Bonchev–Trinajstić information content (AvgIpc) is 2.59. The summed E-state index contributed by atoms with van der Waals surface area (Å²) in [5, 5.41) is 1.26. The fourth-order valence-corrected chi connectivity index (χ4v) is 2.80. The van der Waals surface area contributed by atoms with Gasteiger partial charge in [-0.1, -0.05) is 55.8 Å². The Morgan fingerprint density at radius 1 is 0.773 bits per heavy atom. The first-order valence-electron chi connectivity index (χ1n) is 8.27. The number of hydrogen-bond acceptors (Lipinski definition) is 1. The van der Waals surface area contributed by atoms with Crippen molar-refractivity contribution < 1.29 is 0 Å². The monoisotopic (exact) mass is 289 g/mol. The molecule has 0 aliphatic carbocycles. The molecule has 0 bridgehead atoms. The van der Waals surface area contributed by atoms with E-state index in [4.69, 9.17) is 4.98 Å². The van der Waals surface area contributed by atoms with Gasteiger partial charge in [0.2, 0.25) is 0 Å². The van der Waals surface area contributed by atoms with Crippen molar-refractivity contribution in [1.82, 2.24) is 4.98 Å². The lowest BCUT2D eigenvalue weighted by atomic mass is 10.0. The number of rotatable bonds is 6. The normalized spacial score (nSPS) is 11.0. The smallest absolute Gasteiger partial charge is 0.0705 e. The third-order valence-corrected chi connectivity index (χ3v) is 4.14. The van der Waals surface area contributed by atoms with E-state index in [-0.39, 0.29) is 0 Å². The van der Waals surface area contributed by atoms with Gasteiger partial charge in [-0.15, -0.1) is 0 Å². The Bertz CT molecular complexity index is 731. The SMILES string of the molecule is CCCCc1ccc2cc(CCc3ccccc3)ccc2n1. The van der Waals surface area contributed by atoms with Crippen LogP contribution in [-0.2, 0) is 19.3 Å². The molecule has 1 heteroatoms. The van der Waals surface area contributed by atoms with Gasteiger partial charge >= 0.3 is 0 Å². The average molecular weight is 289 g/mol. The molecule has 0 saturated carbocycles. The number of pyridine rings is 1. The molecule has 1 aromatic heterocycles. The lowest BCUT2D eigenvalue weighted by molar-refractivity contribution is 0.780. The predicted molar refractivity (Wildman–Crippen MR) is 94.2 cm³/mol. The van der Waals surface area contributed by atoms with Crippen molar-refractivity contribution in [2.24, 2.45) is 0 Å². The molecule has 0 unspecified atom stereocenters. The van der Waals surface area contributed by atoms with Crippen LogP contribution in [0.15, 0.2) is 60.7 Å². The van der Waals surface area contributed by atoms with Crippen molar-refractivity contribution in [3.63, 3.8) is 0 Å². The van der Waals surface area contributed by atoms with Crippen molar-refractivity contribution in [3.8, 4) is 0 Å². The molecule has 0 amide bonds. The van der Waals surface area contributed by atoms with Crippen LogP contribution in [0.4, 0.5) is 0 Å². The van der Waals surface area contributed by atoms with Crippen LogP contribution in [0.1, 0.15) is 36.6 Å². The van der Waals surface area contributed by atoms with Crippen molar-refractivity contribution in [1.29, 1.82) is 0 Å². The third-order valence-electron chi connectivity index (χ3n) is 4.14. The molecule has 0 N–H and O–H groups in total. The molecule has 112 valence electrons. The lowest BCUT2D eigenvalue weighted by Gasteiger charge is -2.06. The molecule has 0 aliphatic heterocycles. The molecule has 3 rings (SSSR count). The molecule has 2 aromatic carbocycles. The van der Waals surface area contributed by atoms with Crippen LogP contribution in [0.5, 0.6) is 0 Å². The lowest BCUT2D eigenvalue weighted by Crippen LogP contribution is -1.93. The fourth-order valence-electron chi connectivity index (χ4n) is 2.80. The standard InChI is InChI=1S/C21H23N/c1-2-3-9-20-14-13-19-16-18(12-15-21(19)22-20)11-10-17-7-5-4-6-8-17/h4-8,12-16H,2-3,9-11H2,1H3. The van der Waals surface area contributed by atoms with E-state index >= 15 is 0 Å². The summed E-state index contributed by atoms with van der Waals surface area (Å²) in [7, 11) is 0. The Hall–Kier alpha value is -2.15. The van der Waals surface area contributed by atoms with E-state index < -0.39 is 0 Å². The number of nitrogens with zero attached hydrogens (tertiary/aromatic N) is 1. The van der Waals surface area contributed by atoms with E-state index in [0.717, 1.165) is 24.8 Å². The molecule has 22 heavy (non-hydrogen) atoms. The second-order valence-corrected chi connectivity index (χ2v) is 5.92. The minimum absolute atomic E-state index is 1.08. The maximum Gasteiger partial charge on any atom is 0.0705 e. The molecule has 3 aromatic rings. The summed E-state index contributed by atoms with van der Waals surface area (Å²) >= 11 is 0. The molecule has 0 spiro atoms. The molecule has 0 aliphatic rings. The van der Waals surface area contributed by atoms with Crippen LogP contribution < -0.4 is 0 Å². The summed E-state index contributed by atoms with van der Waals surface area (Å²) in [6.45, 7) is 2.22. The van der Waals surface area contributed by atoms with Crippen molar-refractivity contribution in [3.05, 3.63) is 77.5 Å². The van der Waals surface area contributed by atoms with E-state index in [0.29, 0.717) is 0 Å². The van der Waals surface area contributed by atoms with Gasteiger partial charge in [0.1, 0.15) is 0 Å². The van der Waals surface area contributed by atoms with E-state index in [1.54, 1.807) is 0 Å². The van der Waals surface area contributed by atoms with Gasteiger partial charge in [-0.25, -0.2) is 0 Å². The van der Waals surface area contributed by atoms with E-state index in [1.165, 1.54) is 35.0 Å². The molecule has 0 atom stereocenters. The Morgan fingerprint density at radius 2 is 1.59 bits per heavy atom. The highest BCUT2D eigenvalue weighted by Crippen LogP contribution is 2.17. The van der Waals surface area contributed by atoms with Gasteiger partial charge in [0.25, 0.3) is 0 Å². The molecular weight excluding hydrogens is 266 g/mol. The van der Waals surface area contributed by atoms with Crippen molar-refractivity contribution in [2.45, 2.75) is 39.0 Å². The zero-order valence-corrected chi connectivity index (χ0v) is 13.3. The van der Waals surface area contributed by atoms with E-state index in [1.807, 2.05) is 0 Å². The van der Waals surface area contributed by atoms with Gasteiger partial charge in [-0.05, 0) is 55.0 Å². The van der Waals surface area contributed by atoms with Crippen LogP contribution in [0.3, 0.4) is 0 Å². The van der Waals surface area contributed by atoms with Crippen LogP contribution in [0, 0.1) is 0 Å². The number of unbranched alkanes of at least 4 members (excludes halogenated alkanes) is 1. The quantitative estimate of drug-likeness (QED) is 0.595. The van der Waals surface area contributed by atoms with Gasteiger partial charge in [-0.3, -0.25) is 4.98 Å². The Balaban J connectivity index is 1.72. The molecule has 0 radical (unpaired) electrons. The molecule has 0 fully saturated rings. The first-order chi connectivity index (χ1) is 10.8. The zero-order chi connectivity index (χ0) is 15.2. The second-order valence-electron chi connectivity index (χ2n) is 5.92. The number of fused-ring (bicyclic) bond motifs is 1. The Kier molecular flexibility index (Phi) is 4.85. The largest absolute Gasteiger partial charge is 0.253 e. The Morgan fingerprint density at radius 3 is 2.41 bits per heavy atom. The van der Waals surface area contributed by atoms with Crippen LogP contribution in [0.2, 0.25) is 0 Å². The number of hydrogen-bond donors (Lipinski definition) is 0. The number of aryl methyl sites for hydroxylation is 3. The highest BCUT2D eigenvalue weighted by Gasteiger charge is 2.01. The van der Waals surface area contributed by atoms with Gasteiger partial charge in [0.15, 0.2) is 0 Å². The topological polar surface area (TPSA) is 12.9 Å². The zero-order valence-electron chi connectivity index (χ0n) is 13.3. The maximum atomic E-state index is 4.77. The fraction of sp³-hybridized carbons (Fsp3) is 0.286. The van der Waals surface area contributed by atoms with E-state index in [9.17, 15) is 0 Å². The van der Waals surface area contributed by atoms with Gasteiger partial charge < -0.3 is 0 Å². The van der Waals surface area contributed by atoms with Crippen LogP contribution in [0.25, 0.3) is 10.9 Å². The van der Waals surface area contributed by atoms with Gasteiger partial charge in [-0.2, -0.15) is 0 Å². The van der Waals surface area contributed by atoms with Gasteiger partial charge in [0, 0.05) is 11.1 Å². The Labute approximate surface area is 133 Å². The maximum absolute atomic E-state index is 4.77. The van der Waals surface area contributed by atoms with Gasteiger partial charge in [0.05, 0.1) is 5.52 Å². The molecule has 1 nitrogen and oxygen atoms in total. The minimum atomic E-state index is 1.08. The first-order valence-corrected chi connectivity index (χ1v) is 8.27. The molecular formula is C21H23N. The number of benzene rings is 2. The predicted octanol–water partition coefficient (Wildman–Crippen LogP) is 5.36. The summed E-state index contributed by atoms with van der Waals surface area (Å²) < 4.78 is 0. The third kappa shape index (κ3) is 3.73. The summed E-state index contributed by atoms with van der Waals surface area (Å²) in [6.07, 6.45) is 5.69. The highest BCUT2D eigenvalue weighted by atomic mass is 14.7. The molecule has 0 saturated heterocycles.